The number of aromatic nitrogens is 2. The lowest BCUT2D eigenvalue weighted by Crippen LogP contribution is -2.24. The summed E-state index contributed by atoms with van der Waals surface area (Å²) in [6.45, 7) is 7.86. The van der Waals surface area contributed by atoms with Crippen LogP contribution < -0.4 is 4.90 Å². The molecule has 0 spiro atoms. The van der Waals surface area contributed by atoms with Gasteiger partial charge in [0, 0.05) is 18.8 Å². The van der Waals surface area contributed by atoms with Crippen molar-refractivity contribution >= 4 is 17.5 Å². The van der Waals surface area contributed by atoms with Crippen molar-refractivity contribution in [3.05, 3.63) is 16.9 Å². The van der Waals surface area contributed by atoms with Crippen LogP contribution in [0.25, 0.3) is 0 Å². The maximum atomic E-state index is 5.83. The molecule has 1 aromatic heterocycles. The van der Waals surface area contributed by atoms with Crippen molar-refractivity contribution in [2.45, 2.75) is 20.8 Å². The summed E-state index contributed by atoms with van der Waals surface area (Å²) in [7, 11) is 0. The summed E-state index contributed by atoms with van der Waals surface area (Å²) in [5.41, 5.74) is 0.905. The Morgan fingerprint density at radius 1 is 1.31 bits per heavy atom. The van der Waals surface area contributed by atoms with Gasteiger partial charge in [0.1, 0.15) is 5.15 Å². The van der Waals surface area contributed by atoms with Crippen LogP contribution >= 0.6 is 11.6 Å². The number of hydrogen-bond donors (Lipinski definition) is 0. The van der Waals surface area contributed by atoms with Crippen LogP contribution in [0.15, 0.2) is 6.07 Å². The SMILES string of the molecule is CCN(CC)c1nc(C)cc(Cl)n1. The Bertz CT molecular complexity index is 264. The van der Waals surface area contributed by atoms with Crippen molar-refractivity contribution in [2.24, 2.45) is 0 Å². The van der Waals surface area contributed by atoms with Gasteiger partial charge in [-0.2, -0.15) is 0 Å². The molecule has 0 amide bonds. The Balaban J connectivity index is 2.99. The summed E-state index contributed by atoms with van der Waals surface area (Å²) in [5.74, 6) is 0.718. The fourth-order valence-electron chi connectivity index (χ4n) is 1.16. The molecule has 0 saturated heterocycles. The highest BCUT2D eigenvalue weighted by atomic mass is 35.5. The first kappa shape index (κ1) is 10.3. The van der Waals surface area contributed by atoms with Crippen LogP contribution in [-0.4, -0.2) is 23.1 Å². The normalized spacial score (nSPS) is 10.2. The lowest BCUT2D eigenvalue weighted by Gasteiger charge is -2.18. The van der Waals surface area contributed by atoms with E-state index in [4.69, 9.17) is 11.6 Å². The maximum Gasteiger partial charge on any atom is 0.226 e. The molecule has 0 radical (unpaired) electrons. The van der Waals surface area contributed by atoms with E-state index < -0.39 is 0 Å². The van der Waals surface area contributed by atoms with Gasteiger partial charge in [-0.15, -0.1) is 0 Å². The van der Waals surface area contributed by atoms with E-state index >= 15 is 0 Å². The van der Waals surface area contributed by atoms with Crippen molar-refractivity contribution in [3.63, 3.8) is 0 Å². The van der Waals surface area contributed by atoms with Crippen LogP contribution in [0.2, 0.25) is 5.15 Å². The zero-order chi connectivity index (χ0) is 9.84. The van der Waals surface area contributed by atoms with E-state index in [9.17, 15) is 0 Å². The fraction of sp³-hybridized carbons (Fsp3) is 0.556. The van der Waals surface area contributed by atoms with Gasteiger partial charge < -0.3 is 4.90 Å². The third-order valence-electron chi connectivity index (χ3n) is 1.86. The van der Waals surface area contributed by atoms with Gasteiger partial charge in [-0.25, -0.2) is 9.97 Å². The van der Waals surface area contributed by atoms with E-state index in [0.29, 0.717) is 5.15 Å². The zero-order valence-corrected chi connectivity index (χ0v) is 8.97. The van der Waals surface area contributed by atoms with Crippen molar-refractivity contribution in [1.29, 1.82) is 0 Å². The van der Waals surface area contributed by atoms with Gasteiger partial charge in [0.25, 0.3) is 0 Å². The standard InChI is InChI=1S/C9H14ClN3/c1-4-13(5-2)9-11-7(3)6-8(10)12-9/h6H,4-5H2,1-3H3. The highest BCUT2D eigenvalue weighted by molar-refractivity contribution is 6.29. The average Bonchev–Trinajstić information content (AvgIpc) is 2.04. The second kappa shape index (κ2) is 4.42. The van der Waals surface area contributed by atoms with Crippen LogP contribution in [0.4, 0.5) is 5.95 Å². The number of rotatable bonds is 3. The van der Waals surface area contributed by atoms with Gasteiger partial charge in [0.2, 0.25) is 5.95 Å². The van der Waals surface area contributed by atoms with Gasteiger partial charge in [0.15, 0.2) is 0 Å². The van der Waals surface area contributed by atoms with E-state index in [1.54, 1.807) is 6.07 Å². The monoisotopic (exact) mass is 199 g/mol. The van der Waals surface area contributed by atoms with E-state index in [1.165, 1.54) is 0 Å². The third-order valence-corrected chi connectivity index (χ3v) is 2.05. The van der Waals surface area contributed by atoms with Gasteiger partial charge in [-0.1, -0.05) is 11.6 Å². The summed E-state index contributed by atoms with van der Waals surface area (Å²) in [6.07, 6.45) is 0. The Morgan fingerprint density at radius 2 is 1.92 bits per heavy atom. The van der Waals surface area contributed by atoms with Crippen molar-refractivity contribution < 1.29 is 0 Å². The molecule has 4 heteroatoms. The van der Waals surface area contributed by atoms with E-state index in [-0.39, 0.29) is 0 Å². The van der Waals surface area contributed by atoms with Crippen LogP contribution in [0, 0.1) is 6.92 Å². The van der Waals surface area contributed by atoms with Crippen LogP contribution in [0.3, 0.4) is 0 Å². The van der Waals surface area contributed by atoms with Crippen molar-refractivity contribution in [3.8, 4) is 0 Å². The molecule has 1 heterocycles. The van der Waals surface area contributed by atoms with Crippen LogP contribution in [-0.2, 0) is 0 Å². The van der Waals surface area contributed by atoms with Crippen LogP contribution in [0.5, 0.6) is 0 Å². The second-order valence-electron chi connectivity index (χ2n) is 2.80. The highest BCUT2D eigenvalue weighted by Crippen LogP contribution is 2.12. The van der Waals surface area contributed by atoms with Gasteiger partial charge in [-0.3, -0.25) is 0 Å². The summed E-state index contributed by atoms with van der Waals surface area (Å²) < 4.78 is 0. The summed E-state index contributed by atoms with van der Waals surface area (Å²) in [4.78, 5) is 10.5. The molecule has 3 nitrogen and oxygen atoms in total. The predicted octanol–water partition coefficient (Wildman–Crippen LogP) is 2.28. The Kier molecular flexibility index (Phi) is 3.48. The topological polar surface area (TPSA) is 29.0 Å². The number of nitrogens with zero attached hydrogens (tertiary/aromatic N) is 3. The molecule has 0 N–H and O–H groups in total. The Hall–Kier alpha value is -0.830. The molecule has 0 aliphatic heterocycles. The first-order valence-corrected chi connectivity index (χ1v) is 4.81. The van der Waals surface area contributed by atoms with Gasteiger partial charge >= 0.3 is 0 Å². The highest BCUT2D eigenvalue weighted by Gasteiger charge is 2.06. The number of hydrogen-bond acceptors (Lipinski definition) is 3. The smallest absolute Gasteiger partial charge is 0.226 e. The second-order valence-corrected chi connectivity index (χ2v) is 3.19. The molecule has 0 aliphatic carbocycles. The molecule has 0 aliphatic rings. The third kappa shape index (κ3) is 2.56. The van der Waals surface area contributed by atoms with E-state index in [2.05, 4.69) is 28.7 Å². The Morgan fingerprint density at radius 3 is 2.38 bits per heavy atom. The van der Waals surface area contributed by atoms with Crippen molar-refractivity contribution in [1.82, 2.24) is 9.97 Å². The molecule has 1 aromatic rings. The first-order chi connectivity index (χ1) is 6.17. The maximum absolute atomic E-state index is 5.83. The Labute approximate surface area is 83.8 Å². The van der Waals surface area contributed by atoms with Gasteiger partial charge in [0.05, 0.1) is 0 Å². The van der Waals surface area contributed by atoms with Crippen molar-refractivity contribution in [2.75, 3.05) is 18.0 Å². The predicted molar refractivity (Wildman–Crippen MR) is 55.3 cm³/mol. The molecule has 13 heavy (non-hydrogen) atoms. The number of halogens is 1. The zero-order valence-electron chi connectivity index (χ0n) is 8.21. The largest absolute Gasteiger partial charge is 0.341 e. The quantitative estimate of drug-likeness (QED) is 0.700. The summed E-state index contributed by atoms with van der Waals surface area (Å²) >= 11 is 5.83. The summed E-state index contributed by atoms with van der Waals surface area (Å²) in [6, 6.07) is 1.76. The number of anilines is 1. The summed E-state index contributed by atoms with van der Waals surface area (Å²) in [5, 5.41) is 0.509. The molecule has 0 atom stereocenters. The van der Waals surface area contributed by atoms with Crippen LogP contribution in [0.1, 0.15) is 19.5 Å². The minimum atomic E-state index is 0.509. The lowest BCUT2D eigenvalue weighted by atomic mass is 10.4. The minimum absolute atomic E-state index is 0.509. The van der Waals surface area contributed by atoms with E-state index in [0.717, 1.165) is 24.7 Å². The first-order valence-electron chi connectivity index (χ1n) is 4.43. The molecular formula is C9H14ClN3. The minimum Gasteiger partial charge on any atom is -0.341 e. The molecule has 72 valence electrons. The lowest BCUT2D eigenvalue weighted by molar-refractivity contribution is 0.816. The number of aryl methyl sites for hydroxylation is 1. The molecule has 0 saturated carbocycles. The molecular weight excluding hydrogens is 186 g/mol. The average molecular weight is 200 g/mol. The van der Waals surface area contributed by atoms with Gasteiger partial charge in [-0.05, 0) is 26.8 Å². The molecule has 1 rings (SSSR count). The van der Waals surface area contributed by atoms with E-state index in [1.807, 2.05) is 6.92 Å². The molecule has 0 aromatic carbocycles. The molecule has 0 bridgehead atoms. The molecule has 0 unspecified atom stereocenters. The molecule has 0 fully saturated rings. The fourth-order valence-corrected chi connectivity index (χ4v) is 1.40.